The molecule has 0 bridgehead atoms. The van der Waals surface area contributed by atoms with Crippen LogP contribution in [0.5, 0.6) is 5.75 Å². The van der Waals surface area contributed by atoms with Crippen LogP contribution in [0, 0.1) is 0 Å². The van der Waals surface area contributed by atoms with Gasteiger partial charge in [-0.05, 0) is 36.4 Å². The number of rotatable bonds is 9. The van der Waals surface area contributed by atoms with Crippen LogP contribution in [0.3, 0.4) is 0 Å². The van der Waals surface area contributed by atoms with E-state index in [1.165, 1.54) is 19.2 Å². The lowest BCUT2D eigenvalue weighted by Gasteiger charge is -2.12. The van der Waals surface area contributed by atoms with Crippen LogP contribution < -0.4 is 10.5 Å². The highest BCUT2D eigenvalue weighted by molar-refractivity contribution is 6.07. The van der Waals surface area contributed by atoms with Crippen LogP contribution in [0.2, 0.25) is 0 Å². The third-order valence-electron chi connectivity index (χ3n) is 4.71. The molecule has 1 amide bonds. The maximum absolute atomic E-state index is 13.0. The smallest absolute Gasteiger partial charge is 0.416 e. The Hall–Kier alpha value is -4.02. The molecule has 2 aromatic carbocycles. The number of alkyl halides is 3. The lowest BCUT2D eigenvalue weighted by molar-refractivity contribution is -0.137. The average molecular weight is 475 g/mol. The standard InChI is InChI=1S/C23H24F3N5O3/c1-30(2)14-28-16-7-8-21-19(10-16)20(22(27)32)12-31(21)11-17(29-33-3)13-34-18-6-4-5-15(9-18)23(24,25)26/h4-10,12,14H,11,13H2,1-3H3,(H2,27,32). The highest BCUT2D eigenvalue weighted by Gasteiger charge is 2.30. The Morgan fingerprint density at radius 1 is 1.21 bits per heavy atom. The first-order valence-electron chi connectivity index (χ1n) is 10.1. The van der Waals surface area contributed by atoms with Gasteiger partial charge in [-0.2, -0.15) is 13.2 Å². The third kappa shape index (κ3) is 6.06. The molecule has 0 unspecified atom stereocenters. The molecule has 11 heteroatoms. The van der Waals surface area contributed by atoms with Gasteiger partial charge in [-0.25, -0.2) is 4.99 Å². The number of hydrogen-bond acceptors (Lipinski definition) is 5. The SMILES string of the molecule is CON=C(COc1cccc(C(F)(F)F)c1)Cn1cc(C(N)=O)c2cc(N=CN(C)C)ccc21. The van der Waals surface area contributed by atoms with Crippen LogP contribution in [0.1, 0.15) is 15.9 Å². The van der Waals surface area contributed by atoms with Crippen LogP contribution in [-0.2, 0) is 17.6 Å². The Labute approximate surface area is 194 Å². The Morgan fingerprint density at radius 2 is 1.97 bits per heavy atom. The molecule has 0 aliphatic rings. The molecule has 3 aromatic rings. The molecular weight excluding hydrogens is 451 g/mol. The zero-order chi connectivity index (χ0) is 24.9. The summed E-state index contributed by atoms with van der Waals surface area (Å²) in [5.74, 6) is -0.569. The third-order valence-corrected chi connectivity index (χ3v) is 4.71. The normalized spacial score (nSPS) is 12.4. The van der Waals surface area contributed by atoms with Crippen molar-refractivity contribution in [3.05, 3.63) is 59.8 Å². The fraction of sp³-hybridized carbons (Fsp3) is 0.261. The molecule has 0 aliphatic heterocycles. The molecule has 0 atom stereocenters. The molecule has 1 aromatic heterocycles. The summed E-state index contributed by atoms with van der Waals surface area (Å²) in [6, 6.07) is 9.89. The second-order valence-corrected chi connectivity index (χ2v) is 7.60. The predicted molar refractivity (Wildman–Crippen MR) is 124 cm³/mol. The molecule has 0 aliphatic carbocycles. The van der Waals surface area contributed by atoms with Gasteiger partial charge in [0, 0.05) is 31.2 Å². The van der Waals surface area contributed by atoms with Crippen LogP contribution >= 0.6 is 0 Å². The molecule has 0 spiro atoms. The minimum Gasteiger partial charge on any atom is -0.487 e. The van der Waals surface area contributed by atoms with E-state index in [1.54, 1.807) is 40.2 Å². The van der Waals surface area contributed by atoms with Crippen molar-refractivity contribution in [3.63, 3.8) is 0 Å². The number of aromatic nitrogens is 1. The molecule has 0 fully saturated rings. The number of nitrogens with two attached hydrogens (primary N) is 1. The van der Waals surface area contributed by atoms with E-state index in [9.17, 15) is 18.0 Å². The maximum Gasteiger partial charge on any atom is 0.416 e. The quantitative estimate of drug-likeness (QED) is 0.287. The summed E-state index contributed by atoms with van der Waals surface area (Å²) < 4.78 is 46.1. The van der Waals surface area contributed by atoms with Gasteiger partial charge in [-0.3, -0.25) is 4.79 Å². The highest BCUT2D eigenvalue weighted by atomic mass is 19.4. The monoisotopic (exact) mass is 475 g/mol. The Balaban J connectivity index is 1.86. The van der Waals surface area contributed by atoms with Crippen molar-refractivity contribution < 1.29 is 27.5 Å². The number of carbonyl (C=O) groups excluding carboxylic acids is 1. The van der Waals surface area contributed by atoms with E-state index in [-0.39, 0.29) is 18.9 Å². The molecular formula is C23H24F3N5O3. The number of ether oxygens (including phenoxy) is 1. The van der Waals surface area contributed by atoms with Gasteiger partial charge in [-0.15, -0.1) is 0 Å². The topological polar surface area (TPSA) is 94.4 Å². The Bertz CT molecular complexity index is 1230. The summed E-state index contributed by atoms with van der Waals surface area (Å²) in [6.07, 6.45) is -1.26. The summed E-state index contributed by atoms with van der Waals surface area (Å²) in [6.45, 7) is 0.0167. The van der Waals surface area contributed by atoms with Gasteiger partial charge in [0.25, 0.3) is 5.91 Å². The summed E-state index contributed by atoms with van der Waals surface area (Å²) >= 11 is 0. The first-order chi connectivity index (χ1) is 16.1. The van der Waals surface area contributed by atoms with Crippen LogP contribution in [0.15, 0.2) is 58.8 Å². The Kier molecular flexibility index (Phi) is 7.44. The fourth-order valence-corrected chi connectivity index (χ4v) is 3.23. The van der Waals surface area contributed by atoms with E-state index in [4.69, 9.17) is 15.3 Å². The van der Waals surface area contributed by atoms with E-state index < -0.39 is 17.6 Å². The van der Waals surface area contributed by atoms with Gasteiger partial charge in [0.1, 0.15) is 25.2 Å². The number of benzene rings is 2. The van der Waals surface area contributed by atoms with Gasteiger partial charge >= 0.3 is 6.18 Å². The van der Waals surface area contributed by atoms with Crippen LogP contribution in [0.4, 0.5) is 18.9 Å². The minimum absolute atomic E-state index is 0.0391. The van der Waals surface area contributed by atoms with E-state index in [0.29, 0.717) is 27.9 Å². The maximum atomic E-state index is 13.0. The van der Waals surface area contributed by atoms with Crippen molar-refractivity contribution in [2.75, 3.05) is 27.8 Å². The number of oxime groups is 1. The van der Waals surface area contributed by atoms with Gasteiger partial charge in [0.05, 0.1) is 29.7 Å². The first-order valence-corrected chi connectivity index (χ1v) is 10.1. The van der Waals surface area contributed by atoms with E-state index in [1.807, 2.05) is 14.1 Å². The van der Waals surface area contributed by atoms with Gasteiger partial charge in [0.15, 0.2) is 0 Å². The molecule has 0 radical (unpaired) electrons. The lowest BCUT2D eigenvalue weighted by atomic mass is 10.1. The molecule has 34 heavy (non-hydrogen) atoms. The zero-order valence-corrected chi connectivity index (χ0v) is 18.8. The minimum atomic E-state index is -4.48. The van der Waals surface area contributed by atoms with Crippen molar-refractivity contribution in [1.29, 1.82) is 0 Å². The number of halogens is 3. The molecule has 1 heterocycles. The first kappa shape index (κ1) is 24.6. The second kappa shape index (κ2) is 10.3. The molecule has 180 valence electrons. The summed E-state index contributed by atoms with van der Waals surface area (Å²) in [4.78, 5) is 23.0. The van der Waals surface area contributed by atoms with Crippen LogP contribution in [-0.4, -0.2) is 55.2 Å². The van der Waals surface area contributed by atoms with E-state index >= 15 is 0 Å². The number of carbonyl (C=O) groups is 1. The molecule has 3 rings (SSSR count). The Morgan fingerprint density at radius 3 is 2.62 bits per heavy atom. The number of fused-ring (bicyclic) bond motifs is 1. The number of aliphatic imine (C=N–C) groups is 1. The van der Waals surface area contributed by atoms with E-state index in [2.05, 4.69) is 10.1 Å². The average Bonchev–Trinajstić information content (AvgIpc) is 3.14. The fourth-order valence-electron chi connectivity index (χ4n) is 3.23. The predicted octanol–water partition coefficient (Wildman–Crippen LogP) is 4.06. The van der Waals surface area contributed by atoms with Crippen molar-refractivity contribution in [2.45, 2.75) is 12.7 Å². The number of primary amides is 1. The number of hydrogen-bond donors (Lipinski definition) is 1. The van der Waals surface area contributed by atoms with Crippen molar-refractivity contribution >= 4 is 34.5 Å². The van der Waals surface area contributed by atoms with Gasteiger partial charge in [-0.1, -0.05) is 11.2 Å². The highest BCUT2D eigenvalue weighted by Crippen LogP contribution is 2.31. The van der Waals surface area contributed by atoms with Gasteiger partial charge in [0.2, 0.25) is 0 Å². The molecule has 2 N–H and O–H groups in total. The zero-order valence-electron chi connectivity index (χ0n) is 18.8. The largest absolute Gasteiger partial charge is 0.487 e. The van der Waals surface area contributed by atoms with Crippen molar-refractivity contribution in [3.8, 4) is 5.75 Å². The number of amides is 1. The second-order valence-electron chi connectivity index (χ2n) is 7.60. The summed E-state index contributed by atoms with van der Waals surface area (Å²) in [5, 5.41) is 4.54. The molecule has 0 saturated carbocycles. The van der Waals surface area contributed by atoms with Crippen LogP contribution in [0.25, 0.3) is 10.9 Å². The van der Waals surface area contributed by atoms with E-state index in [0.717, 1.165) is 12.1 Å². The molecule has 0 saturated heterocycles. The summed E-state index contributed by atoms with van der Waals surface area (Å²) in [5.41, 5.74) is 6.76. The lowest BCUT2D eigenvalue weighted by Crippen LogP contribution is -2.19. The number of nitrogens with zero attached hydrogens (tertiary/aromatic N) is 4. The van der Waals surface area contributed by atoms with Crippen molar-refractivity contribution in [1.82, 2.24) is 9.47 Å². The summed E-state index contributed by atoms with van der Waals surface area (Å²) in [7, 11) is 5.03. The molecule has 8 nitrogen and oxygen atoms in total. The van der Waals surface area contributed by atoms with Crippen molar-refractivity contribution in [2.24, 2.45) is 15.9 Å². The van der Waals surface area contributed by atoms with Gasteiger partial charge < -0.3 is 24.8 Å².